The molecule has 2 aromatic heterocycles. The van der Waals surface area contributed by atoms with Crippen LogP contribution in [0.25, 0.3) is 22.2 Å². The smallest absolute Gasteiger partial charge is 0.335 e. The molecule has 1 aliphatic rings. The van der Waals surface area contributed by atoms with Crippen LogP contribution in [0.1, 0.15) is 39.3 Å². The van der Waals surface area contributed by atoms with E-state index in [2.05, 4.69) is 4.98 Å². The predicted octanol–water partition coefficient (Wildman–Crippen LogP) is 5.91. The lowest BCUT2D eigenvalue weighted by Crippen LogP contribution is -2.31. The molecule has 1 fully saturated rings. The average Bonchev–Trinajstić information content (AvgIpc) is 3.30. The molecule has 1 unspecified atom stereocenters. The Morgan fingerprint density at radius 3 is 2.67 bits per heavy atom. The Balaban J connectivity index is 1.27. The number of aromatic carboxylic acids is 1. The molecule has 3 heterocycles. The number of imidazole rings is 1. The number of nitrogens with zero attached hydrogens (tertiary/aromatic N) is 4. The SMILES string of the molecule is N#Cc1ccc(COc2ncccc2-c2ccc(Cc3nc4ccc(C(=O)O)cc4n3CC3CCO3)cc2F)c(F)c1. The molecule has 1 aliphatic heterocycles. The molecule has 0 spiro atoms. The highest BCUT2D eigenvalue weighted by molar-refractivity contribution is 5.92. The Bertz CT molecular complexity index is 1860. The summed E-state index contributed by atoms with van der Waals surface area (Å²) in [5, 5.41) is 18.4. The van der Waals surface area contributed by atoms with E-state index in [4.69, 9.17) is 19.7 Å². The van der Waals surface area contributed by atoms with Crippen molar-refractivity contribution in [3.05, 3.63) is 113 Å². The van der Waals surface area contributed by atoms with Gasteiger partial charge in [-0.3, -0.25) is 0 Å². The fraction of sp³-hybridized carbons (Fsp3) is 0.188. The van der Waals surface area contributed by atoms with E-state index < -0.39 is 17.6 Å². The number of halogens is 2. The fourth-order valence-electron chi connectivity index (χ4n) is 4.94. The second-order valence-electron chi connectivity index (χ2n) is 9.98. The summed E-state index contributed by atoms with van der Waals surface area (Å²) in [6.07, 6.45) is 2.73. The Morgan fingerprint density at radius 1 is 1.10 bits per heavy atom. The molecule has 0 radical (unpaired) electrons. The number of hydrogen-bond acceptors (Lipinski definition) is 6. The quantitative estimate of drug-likeness (QED) is 0.236. The Labute approximate surface area is 239 Å². The highest BCUT2D eigenvalue weighted by Gasteiger charge is 2.23. The van der Waals surface area contributed by atoms with Gasteiger partial charge in [-0.15, -0.1) is 0 Å². The number of carboxylic acids is 1. The molecule has 42 heavy (non-hydrogen) atoms. The number of carbonyl (C=O) groups is 1. The molecule has 8 nitrogen and oxygen atoms in total. The average molecular weight is 567 g/mol. The number of rotatable bonds is 9. The van der Waals surface area contributed by atoms with E-state index in [1.807, 2.05) is 10.6 Å². The third kappa shape index (κ3) is 5.42. The van der Waals surface area contributed by atoms with Gasteiger partial charge in [0.05, 0.1) is 40.9 Å². The van der Waals surface area contributed by atoms with Gasteiger partial charge in [-0.05, 0) is 60.5 Å². The van der Waals surface area contributed by atoms with Crippen molar-refractivity contribution in [2.75, 3.05) is 6.61 Å². The number of benzene rings is 3. The van der Waals surface area contributed by atoms with Gasteiger partial charge in [0, 0.05) is 35.9 Å². The number of nitriles is 1. The zero-order valence-electron chi connectivity index (χ0n) is 22.3. The van der Waals surface area contributed by atoms with E-state index in [1.54, 1.807) is 36.4 Å². The molecule has 6 rings (SSSR count). The van der Waals surface area contributed by atoms with E-state index >= 15 is 4.39 Å². The van der Waals surface area contributed by atoms with Crippen LogP contribution in [0.2, 0.25) is 0 Å². The summed E-state index contributed by atoms with van der Waals surface area (Å²) in [4.78, 5) is 20.5. The Hall–Kier alpha value is -5.14. The number of carboxylic acid groups (broad SMARTS) is 1. The van der Waals surface area contributed by atoms with Gasteiger partial charge in [0.2, 0.25) is 5.88 Å². The topological polar surface area (TPSA) is 110 Å². The maximum absolute atomic E-state index is 15.6. The minimum absolute atomic E-state index is 0.00973. The van der Waals surface area contributed by atoms with E-state index in [-0.39, 0.29) is 40.8 Å². The largest absolute Gasteiger partial charge is 0.478 e. The van der Waals surface area contributed by atoms with Crippen molar-refractivity contribution >= 4 is 17.0 Å². The van der Waals surface area contributed by atoms with Crippen LogP contribution < -0.4 is 4.74 Å². The fourth-order valence-corrected chi connectivity index (χ4v) is 4.94. The van der Waals surface area contributed by atoms with Crippen molar-refractivity contribution < 1.29 is 28.2 Å². The van der Waals surface area contributed by atoms with Crippen molar-refractivity contribution in [1.82, 2.24) is 14.5 Å². The van der Waals surface area contributed by atoms with Gasteiger partial charge >= 0.3 is 5.97 Å². The van der Waals surface area contributed by atoms with E-state index in [9.17, 15) is 14.3 Å². The van der Waals surface area contributed by atoms with E-state index in [0.717, 1.165) is 12.5 Å². The first-order valence-corrected chi connectivity index (χ1v) is 13.3. The number of pyridine rings is 1. The summed E-state index contributed by atoms with van der Waals surface area (Å²) >= 11 is 0. The predicted molar refractivity (Wildman–Crippen MR) is 149 cm³/mol. The summed E-state index contributed by atoms with van der Waals surface area (Å²) < 4.78 is 43.3. The minimum Gasteiger partial charge on any atom is -0.478 e. The van der Waals surface area contributed by atoms with Crippen LogP contribution in [0.4, 0.5) is 8.78 Å². The molecule has 1 saturated heterocycles. The first kappa shape index (κ1) is 27.1. The van der Waals surface area contributed by atoms with Gasteiger partial charge in [-0.2, -0.15) is 5.26 Å². The molecule has 5 aromatic rings. The minimum atomic E-state index is -1.02. The van der Waals surface area contributed by atoms with Crippen LogP contribution >= 0.6 is 0 Å². The van der Waals surface area contributed by atoms with Gasteiger partial charge in [-0.25, -0.2) is 23.5 Å². The van der Waals surface area contributed by atoms with Crippen LogP contribution in [-0.2, 0) is 24.3 Å². The molecule has 3 aromatic carbocycles. The summed E-state index contributed by atoms with van der Waals surface area (Å²) in [5.41, 5.74) is 3.30. The van der Waals surface area contributed by atoms with Gasteiger partial charge < -0.3 is 19.1 Å². The first-order chi connectivity index (χ1) is 20.4. The van der Waals surface area contributed by atoms with Gasteiger partial charge in [0.15, 0.2) is 0 Å². The molecule has 1 atom stereocenters. The zero-order chi connectivity index (χ0) is 29.2. The summed E-state index contributed by atoms with van der Waals surface area (Å²) in [6, 6.07) is 19.0. The number of hydrogen-bond donors (Lipinski definition) is 1. The third-order valence-corrected chi connectivity index (χ3v) is 7.26. The van der Waals surface area contributed by atoms with Crippen LogP contribution in [0.5, 0.6) is 5.88 Å². The lowest BCUT2D eigenvalue weighted by atomic mass is 10.0. The molecule has 0 amide bonds. The van der Waals surface area contributed by atoms with Crippen molar-refractivity contribution in [1.29, 1.82) is 5.26 Å². The second kappa shape index (κ2) is 11.4. The lowest BCUT2D eigenvalue weighted by molar-refractivity contribution is -0.0589. The molecule has 1 N–H and O–H groups in total. The van der Waals surface area contributed by atoms with Crippen LogP contribution in [0, 0.1) is 23.0 Å². The first-order valence-electron chi connectivity index (χ1n) is 13.3. The van der Waals surface area contributed by atoms with Gasteiger partial charge in [0.25, 0.3) is 0 Å². The maximum atomic E-state index is 15.6. The standard InChI is InChI=1S/C32H24F2N4O4/c33-26-13-20(16-35)3-5-22(26)18-42-31-25(2-1-10-36-31)24-7-4-19(12-27(24)34)14-30-37-28-8-6-21(32(39)40)15-29(28)38(30)17-23-9-11-41-23/h1-8,10,12-13,15,23H,9,11,14,17-18H2,(H,39,40). The summed E-state index contributed by atoms with van der Waals surface area (Å²) in [5.74, 6) is -1.27. The second-order valence-corrected chi connectivity index (χ2v) is 9.98. The normalized spacial score (nSPS) is 14.4. The highest BCUT2D eigenvalue weighted by Crippen LogP contribution is 2.32. The Kier molecular flexibility index (Phi) is 7.33. The maximum Gasteiger partial charge on any atom is 0.335 e. The monoisotopic (exact) mass is 566 g/mol. The molecule has 0 aliphatic carbocycles. The Morgan fingerprint density at radius 2 is 1.95 bits per heavy atom. The van der Waals surface area contributed by atoms with Gasteiger partial charge in [0.1, 0.15) is 24.1 Å². The van der Waals surface area contributed by atoms with Crippen LogP contribution in [0.15, 0.2) is 72.9 Å². The summed E-state index contributed by atoms with van der Waals surface area (Å²) in [7, 11) is 0. The molecule has 10 heteroatoms. The van der Waals surface area contributed by atoms with Crippen molar-refractivity contribution in [3.8, 4) is 23.1 Å². The number of fused-ring (bicyclic) bond motifs is 1. The zero-order valence-corrected chi connectivity index (χ0v) is 22.3. The molecule has 0 saturated carbocycles. The molecule has 210 valence electrons. The molecular weight excluding hydrogens is 542 g/mol. The molecular formula is C32H24F2N4O4. The van der Waals surface area contributed by atoms with Crippen LogP contribution in [0.3, 0.4) is 0 Å². The van der Waals surface area contributed by atoms with Gasteiger partial charge in [-0.1, -0.05) is 18.2 Å². The third-order valence-electron chi connectivity index (χ3n) is 7.26. The van der Waals surface area contributed by atoms with Crippen molar-refractivity contribution in [3.63, 3.8) is 0 Å². The van der Waals surface area contributed by atoms with E-state index in [1.165, 1.54) is 30.5 Å². The number of ether oxygens (including phenoxy) is 2. The summed E-state index contributed by atoms with van der Waals surface area (Å²) in [6.45, 7) is 1.06. The van der Waals surface area contributed by atoms with Crippen molar-refractivity contribution in [2.45, 2.75) is 32.1 Å². The highest BCUT2D eigenvalue weighted by atomic mass is 19.1. The lowest BCUT2D eigenvalue weighted by Gasteiger charge is -2.27. The molecule has 0 bridgehead atoms. The van der Waals surface area contributed by atoms with E-state index in [0.29, 0.717) is 47.6 Å². The van der Waals surface area contributed by atoms with Crippen molar-refractivity contribution in [2.24, 2.45) is 0 Å². The van der Waals surface area contributed by atoms with Crippen LogP contribution in [-0.4, -0.2) is 38.3 Å². The number of aromatic nitrogens is 3.